The highest BCUT2D eigenvalue weighted by molar-refractivity contribution is 5.84. The minimum Gasteiger partial charge on any atom is -0.497 e. The Bertz CT molecular complexity index is 908. The van der Waals surface area contributed by atoms with Crippen molar-refractivity contribution >= 4 is 11.8 Å². The highest BCUT2D eigenvalue weighted by Crippen LogP contribution is 2.25. The molecule has 6 nitrogen and oxygen atoms in total. The van der Waals surface area contributed by atoms with Gasteiger partial charge < -0.3 is 15.0 Å². The quantitative estimate of drug-likeness (QED) is 0.799. The van der Waals surface area contributed by atoms with Crippen molar-refractivity contribution in [2.45, 2.75) is 38.4 Å². The van der Waals surface area contributed by atoms with E-state index in [1.807, 2.05) is 46.2 Å². The van der Waals surface area contributed by atoms with E-state index in [4.69, 9.17) is 4.74 Å². The van der Waals surface area contributed by atoms with E-state index in [1.54, 1.807) is 7.11 Å². The molecule has 1 fully saturated rings. The average molecular weight is 408 g/mol. The minimum absolute atomic E-state index is 0.0728. The maximum absolute atomic E-state index is 13.2. The van der Waals surface area contributed by atoms with Crippen molar-refractivity contribution in [1.29, 1.82) is 0 Å². The molecule has 4 rings (SSSR count). The van der Waals surface area contributed by atoms with Gasteiger partial charge in [-0.2, -0.15) is 0 Å². The summed E-state index contributed by atoms with van der Waals surface area (Å²) in [6.45, 7) is 2.92. The lowest BCUT2D eigenvalue weighted by molar-refractivity contribution is -0.137. The molecule has 2 aromatic rings. The number of amides is 2. The molecule has 1 saturated heterocycles. The Morgan fingerprint density at radius 1 is 1.07 bits per heavy atom. The van der Waals surface area contributed by atoms with E-state index in [9.17, 15) is 9.59 Å². The van der Waals surface area contributed by atoms with Gasteiger partial charge in [0, 0.05) is 26.2 Å². The lowest BCUT2D eigenvalue weighted by atomic mass is 9.93. The second-order valence-corrected chi connectivity index (χ2v) is 8.05. The van der Waals surface area contributed by atoms with Gasteiger partial charge in [0.25, 0.3) is 0 Å². The maximum Gasteiger partial charge on any atom is 0.240 e. The van der Waals surface area contributed by atoms with Crippen LogP contribution in [-0.2, 0) is 29.1 Å². The number of nitrogens with one attached hydrogen (secondary N) is 1. The highest BCUT2D eigenvalue weighted by Gasteiger charge is 2.35. The zero-order valence-corrected chi connectivity index (χ0v) is 17.5. The summed E-state index contributed by atoms with van der Waals surface area (Å²) in [5.74, 6) is 0.852. The molecule has 0 aliphatic carbocycles. The molecule has 0 aromatic heterocycles. The van der Waals surface area contributed by atoms with Crippen LogP contribution >= 0.6 is 0 Å². The Labute approximate surface area is 177 Å². The third-order valence-electron chi connectivity index (χ3n) is 6.02. The summed E-state index contributed by atoms with van der Waals surface area (Å²) in [6, 6.07) is 15.6. The molecular weight excluding hydrogens is 378 g/mol. The smallest absolute Gasteiger partial charge is 0.240 e. The zero-order chi connectivity index (χ0) is 20.9. The Balaban J connectivity index is 1.43. The number of hydrogen-bond donors (Lipinski definition) is 1. The summed E-state index contributed by atoms with van der Waals surface area (Å²) in [6.07, 6.45) is 2.79. The predicted octanol–water partition coefficient (Wildman–Crippen LogP) is 2.36. The van der Waals surface area contributed by atoms with Gasteiger partial charge in [0.1, 0.15) is 5.75 Å². The third kappa shape index (κ3) is 4.65. The summed E-state index contributed by atoms with van der Waals surface area (Å²) in [5, 5.41) is 2.99. The Hall–Kier alpha value is -2.86. The second-order valence-electron chi connectivity index (χ2n) is 8.05. The highest BCUT2D eigenvalue weighted by atomic mass is 16.5. The minimum atomic E-state index is -0.277. The standard InChI is InChI=1S/C24H29N3O3/c1-30-21-10-6-7-18(13-21)15-25-23(28)17-27-16-20-9-3-2-8-19(20)14-22(27)24(29)26-11-4-5-12-26/h2-3,6-10,13,22H,4-5,11-12,14-17H2,1H3,(H,25,28)/t22-/m1/s1. The van der Waals surface area contributed by atoms with Crippen molar-refractivity contribution in [3.05, 3.63) is 65.2 Å². The van der Waals surface area contributed by atoms with Gasteiger partial charge in [0.2, 0.25) is 11.8 Å². The Morgan fingerprint density at radius 3 is 2.60 bits per heavy atom. The molecule has 1 atom stereocenters. The van der Waals surface area contributed by atoms with E-state index in [0.29, 0.717) is 19.5 Å². The molecule has 0 radical (unpaired) electrons. The van der Waals surface area contributed by atoms with Crippen molar-refractivity contribution in [3.63, 3.8) is 0 Å². The summed E-state index contributed by atoms with van der Waals surface area (Å²) < 4.78 is 5.24. The van der Waals surface area contributed by atoms with Gasteiger partial charge in [0.05, 0.1) is 19.7 Å². The van der Waals surface area contributed by atoms with E-state index in [1.165, 1.54) is 11.1 Å². The first-order valence-electron chi connectivity index (χ1n) is 10.6. The SMILES string of the molecule is COc1cccc(CNC(=O)CN2Cc3ccccc3C[C@@H]2C(=O)N2CCCC2)c1. The van der Waals surface area contributed by atoms with Crippen molar-refractivity contribution in [2.75, 3.05) is 26.7 Å². The van der Waals surface area contributed by atoms with Crippen LogP contribution in [0.5, 0.6) is 5.75 Å². The molecule has 0 saturated carbocycles. The van der Waals surface area contributed by atoms with Gasteiger partial charge in [-0.05, 0) is 48.1 Å². The summed E-state index contributed by atoms with van der Waals surface area (Å²) in [4.78, 5) is 29.9. The van der Waals surface area contributed by atoms with Crippen molar-refractivity contribution in [2.24, 2.45) is 0 Å². The van der Waals surface area contributed by atoms with Crippen LogP contribution in [-0.4, -0.2) is 54.4 Å². The van der Waals surface area contributed by atoms with E-state index in [-0.39, 0.29) is 24.4 Å². The molecule has 0 unspecified atom stereocenters. The Morgan fingerprint density at radius 2 is 1.83 bits per heavy atom. The molecule has 0 bridgehead atoms. The lowest BCUT2D eigenvalue weighted by Gasteiger charge is -2.37. The fourth-order valence-corrected chi connectivity index (χ4v) is 4.36. The van der Waals surface area contributed by atoms with Crippen LogP contribution in [0.1, 0.15) is 29.5 Å². The maximum atomic E-state index is 13.2. The Kier molecular flexibility index (Phi) is 6.33. The van der Waals surface area contributed by atoms with Crippen molar-refractivity contribution in [3.8, 4) is 5.75 Å². The number of likely N-dealkylation sites (tertiary alicyclic amines) is 1. The van der Waals surface area contributed by atoms with Gasteiger partial charge in [-0.15, -0.1) is 0 Å². The topological polar surface area (TPSA) is 61.9 Å². The van der Waals surface area contributed by atoms with Crippen LogP contribution in [0.25, 0.3) is 0 Å². The number of rotatable bonds is 6. The molecule has 158 valence electrons. The largest absolute Gasteiger partial charge is 0.497 e. The zero-order valence-electron chi connectivity index (χ0n) is 17.5. The van der Waals surface area contributed by atoms with Crippen LogP contribution in [0.2, 0.25) is 0 Å². The van der Waals surface area contributed by atoms with Crippen molar-refractivity contribution < 1.29 is 14.3 Å². The van der Waals surface area contributed by atoms with E-state index in [0.717, 1.165) is 37.2 Å². The number of hydrogen-bond acceptors (Lipinski definition) is 4. The van der Waals surface area contributed by atoms with Gasteiger partial charge in [-0.1, -0.05) is 36.4 Å². The number of methoxy groups -OCH3 is 1. The number of fused-ring (bicyclic) bond motifs is 1. The molecular formula is C24H29N3O3. The molecule has 2 aromatic carbocycles. The fourth-order valence-electron chi connectivity index (χ4n) is 4.36. The molecule has 2 aliphatic heterocycles. The van der Waals surface area contributed by atoms with Gasteiger partial charge >= 0.3 is 0 Å². The second kappa shape index (κ2) is 9.30. The van der Waals surface area contributed by atoms with Crippen LogP contribution in [0.15, 0.2) is 48.5 Å². The van der Waals surface area contributed by atoms with Crippen molar-refractivity contribution in [1.82, 2.24) is 15.1 Å². The first-order chi connectivity index (χ1) is 14.6. The number of carbonyl (C=O) groups excluding carboxylic acids is 2. The van der Waals surface area contributed by atoms with Gasteiger partial charge in [-0.3, -0.25) is 14.5 Å². The van der Waals surface area contributed by atoms with Crippen LogP contribution in [0.4, 0.5) is 0 Å². The molecule has 30 heavy (non-hydrogen) atoms. The molecule has 1 N–H and O–H groups in total. The monoisotopic (exact) mass is 407 g/mol. The molecule has 2 aliphatic rings. The lowest BCUT2D eigenvalue weighted by Crippen LogP contribution is -2.53. The number of carbonyl (C=O) groups is 2. The summed E-state index contributed by atoms with van der Waals surface area (Å²) in [5.41, 5.74) is 3.39. The number of benzene rings is 2. The van der Waals surface area contributed by atoms with E-state index < -0.39 is 0 Å². The number of ether oxygens (including phenoxy) is 1. The van der Waals surface area contributed by atoms with E-state index >= 15 is 0 Å². The van der Waals surface area contributed by atoms with Gasteiger partial charge in [0.15, 0.2) is 0 Å². The fraction of sp³-hybridized carbons (Fsp3) is 0.417. The first kappa shape index (κ1) is 20.4. The van der Waals surface area contributed by atoms with E-state index in [2.05, 4.69) is 17.4 Å². The summed E-state index contributed by atoms with van der Waals surface area (Å²) in [7, 11) is 1.63. The molecule has 2 heterocycles. The predicted molar refractivity (Wildman–Crippen MR) is 115 cm³/mol. The molecule has 6 heteroatoms. The average Bonchev–Trinajstić information content (AvgIpc) is 3.32. The third-order valence-corrected chi connectivity index (χ3v) is 6.02. The first-order valence-corrected chi connectivity index (χ1v) is 10.6. The molecule has 0 spiro atoms. The van der Waals surface area contributed by atoms with Crippen LogP contribution < -0.4 is 10.1 Å². The summed E-state index contributed by atoms with van der Waals surface area (Å²) >= 11 is 0. The number of nitrogens with zero attached hydrogens (tertiary/aromatic N) is 2. The van der Waals surface area contributed by atoms with Gasteiger partial charge in [-0.25, -0.2) is 0 Å². The molecule has 2 amide bonds. The van der Waals surface area contributed by atoms with Crippen LogP contribution in [0, 0.1) is 0 Å². The normalized spacial score (nSPS) is 18.7. The van der Waals surface area contributed by atoms with Crippen LogP contribution in [0.3, 0.4) is 0 Å².